The normalized spacial score (nSPS) is 20.0. The van der Waals surface area contributed by atoms with E-state index < -0.39 is 0 Å². The Balaban J connectivity index is 0.00000341. The Morgan fingerprint density at radius 1 is 1.06 bits per heavy atom. The molecule has 31 heavy (non-hydrogen) atoms. The third kappa shape index (κ3) is 9.24. The van der Waals surface area contributed by atoms with E-state index in [0.29, 0.717) is 19.1 Å². The molecule has 2 saturated heterocycles. The highest BCUT2D eigenvalue weighted by Crippen LogP contribution is 2.17. The van der Waals surface area contributed by atoms with Crippen molar-refractivity contribution in [1.82, 2.24) is 15.1 Å². The summed E-state index contributed by atoms with van der Waals surface area (Å²) in [6.07, 6.45) is 5.23. The van der Waals surface area contributed by atoms with Crippen molar-refractivity contribution in [2.24, 2.45) is 10.9 Å². The molecule has 0 saturated carbocycles. The highest BCUT2D eigenvalue weighted by Gasteiger charge is 2.25. The minimum absolute atomic E-state index is 0. The number of benzene rings is 1. The molecule has 1 N–H and O–H groups in total. The fourth-order valence-corrected chi connectivity index (χ4v) is 4.27. The van der Waals surface area contributed by atoms with Gasteiger partial charge in [-0.05, 0) is 50.4 Å². The van der Waals surface area contributed by atoms with Gasteiger partial charge >= 0.3 is 0 Å². The van der Waals surface area contributed by atoms with Crippen molar-refractivity contribution in [3.8, 4) is 0 Å². The van der Waals surface area contributed by atoms with Crippen LogP contribution in [0.3, 0.4) is 0 Å². The lowest BCUT2D eigenvalue weighted by Crippen LogP contribution is -2.40. The number of methoxy groups -OCH3 is 1. The van der Waals surface area contributed by atoms with Gasteiger partial charge in [0.2, 0.25) is 0 Å². The van der Waals surface area contributed by atoms with Gasteiger partial charge in [0.05, 0.1) is 26.4 Å². The number of hydrogen-bond donors (Lipinski definition) is 1. The zero-order valence-electron chi connectivity index (χ0n) is 19.4. The number of ether oxygens (including phenoxy) is 2. The fourth-order valence-electron chi connectivity index (χ4n) is 4.27. The quantitative estimate of drug-likeness (QED) is 0.211. The summed E-state index contributed by atoms with van der Waals surface area (Å²) in [5.41, 5.74) is 2.68. The average Bonchev–Trinajstić information content (AvgIpc) is 3.25. The Hall–Kier alpha value is -0.900. The summed E-state index contributed by atoms with van der Waals surface area (Å²) in [4.78, 5) is 9.86. The lowest BCUT2D eigenvalue weighted by atomic mass is 10.1. The first-order valence-corrected chi connectivity index (χ1v) is 11.7. The van der Waals surface area contributed by atoms with Gasteiger partial charge in [-0.3, -0.25) is 4.90 Å². The largest absolute Gasteiger partial charge is 0.382 e. The topological polar surface area (TPSA) is 49.3 Å². The Morgan fingerprint density at radius 3 is 2.52 bits per heavy atom. The van der Waals surface area contributed by atoms with Crippen molar-refractivity contribution in [3.63, 3.8) is 0 Å². The van der Waals surface area contributed by atoms with Gasteiger partial charge < -0.3 is 19.7 Å². The third-order valence-corrected chi connectivity index (χ3v) is 5.99. The van der Waals surface area contributed by atoms with Crippen molar-refractivity contribution in [2.75, 3.05) is 59.7 Å². The van der Waals surface area contributed by atoms with Crippen LogP contribution in [0.5, 0.6) is 0 Å². The monoisotopic (exact) mass is 544 g/mol. The van der Waals surface area contributed by atoms with Gasteiger partial charge in [-0.2, -0.15) is 0 Å². The molecule has 2 aliphatic heterocycles. The van der Waals surface area contributed by atoms with Crippen LogP contribution in [0.1, 0.15) is 43.7 Å². The first kappa shape index (κ1) is 26.4. The van der Waals surface area contributed by atoms with Crippen LogP contribution in [0, 0.1) is 5.92 Å². The van der Waals surface area contributed by atoms with Crippen LogP contribution in [0.2, 0.25) is 0 Å². The van der Waals surface area contributed by atoms with Gasteiger partial charge in [0.15, 0.2) is 5.96 Å². The summed E-state index contributed by atoms with van der Waals surface area (Å²) >= 11 is 0. The molecule has 0 aliphatic carbocycles. The summed E-state index contributed by atoms with van der Waals surface area (Å²) in [5.74, 6) is 1.59. The van der Waals surface area contributed by atoms with E-state index in [0.717, 1.165) is 51.7 Å². The van der Waals surface area contributed by atoms with Crippen LogP contribution in [0.4, 0.5) is 0 Å². The van der Waals surface area contributed by atoms with Crippen LogP contribution in [0.15, 0.2) is 29.3 Å². The van der Waals surface area contributed by atoms with E-state index in [1.165, 1.54) is 43.5 Å². The molecular weight excluding hydrogens is 503 g/mol. The predicted molar refractivity (Wildman–Crippen MR) is 138 cm³/mol. The Labute approximate surface area is 205 Å². The summed E-state index contributed by atoms with van der Waals surface area (Å²) in [7, 11) is 1.71. The second-order valence-corrected chi connectivity index (χ2v) is 8.49. The minimum atomic E-state index is 0. The van der Waals surface area contributed by atoms with E-state index >= 15 is 0 Å². The van der Waals surface area contributed by atoms with E-state index in [1.54, 1.807) is 7.11 Å². The van der Waals surface area contributed by atoms with Gasteiger partial charge in [0, 0.05) is 39.2 Å². The number of nitrogens with one attached hydrogen (secondary N) is 1. The van der Waals surface area contributed by atoms with Gasteiger partial charge in [0.1, 0.15) is 0 Å². The maximum atomic E-state index is 5.73. The minimum Gasteiger partial charge on any atom is -0.382 e. The van der Waals surface area contributed by atoms with Crippen LogP contribution in [0.25, 0.3) is 0 Å². The number of likely N-dealkylation sites (tertiary alicyclic amines) is 2. The van der Waals surface area contributed by atoms with Gasteiger partial charge in [-0.15, -0.1) is 24.0 Å². The van der Waals surface area contributed by atoms with Crippen LogP contribution in [-0.4, -0.2) is 75.4 Å². The molecule has 3 rings (SSSR count). The third-order valence-electron chi connectivity index (χ3n) is 5.99. The Morgan fingerprint density at radius 2 is 1.81 bits per heavy atom. The van der Waals surface area contributed by atoms with Crippen LogP contribution < -0.4 is 5.32 Å². The van der Waals surface area contributed by atoms with Gasteiger partial charge in [0.25, 0.3) is 0 Å². The molecule has 176 valence electrons. The van der Waals surface area contributed by atoms with Crippen molar-refractivity contribution >= 4 is 29.9 Å². The van der Waals surface area contributed by atoms with E-state index in [1.807, 2.05) is 0 Å². The predicted octanol–water partition coefficient (Wildman–Crippen LogP) is 3.74. The maximum absolute atomic E-state index is 5.73. The van der Waals surface area contributed by atoms with Crippen LogP contribution in [-0.2, 0) is 22.6 Å². The molecule has 1 unspecified atom stereocenters. The molecule has 7 heteroatoms. The number of aliphatic imine (C=N–C) groups is 1. The molecule has 2 fully saturated rings. The summed E-state index contributed by atoms with van der Waals surface area (Å²) in [6.45, 7) is 11.5. The van der Waals surface area contributed by atoms with E-state index in [-0.39, 0.29) is 24.0 Å². The molecule has 0 radical (unpaired) electrons. The second kappa shape index (κ2) is 15.0. The molecule has 1 aromatic carbocycles. The summed E-state index contributed by atoms with van der Waals surface area (Å²) in [5, 5.41) is 3.47. The average molecular weight is 545 g/mol. The molecule has 0 bridgehead atoms. The van der Waals surface area contributed by atoms with E-state index in [2.05, 4.69) is 46.3 Å². The zero-order valence-corrected chi connectivity index (χ0v) is 21.7. The highest BCUT2D eigenvalue weighted by molar-refractivity contribution is 14.0. The summed E-state index contributed by atoms with van der Waals surface area (Å²) in [6, 6.07) is 9.02. The molecule has 0 aromatic heterocycles. The number of halogens is 1. The smallest absolute Gasteiger partial charge is 0.194 e. The molecule has 2 heterocycles. The number of hydrogen-bond acceptors (Lipinski definition) is 4. The van der Waals surface area contributed by atoms with Gasteiger partial charge in [-0.1, -0.05) is 30.7 Å². The number of piperidine rings is 1. The number of rotatable bonds is 10. The fraction of sp³-hybridized carbons (Fsp3) is 0.708. The molecule has 6 nitrogen and oxygen atoms in total. The molecule has 1 aromatic rings. The van der Waals surface area contributed by atoms with Crippen molar-refractivity contribution < 1.29 is 9.47 Å². The Bertz CT molecular complexity index is 635. The van der Waals surface area contributed by atoms with Crippen molar-refractivity contribution in [1.29, 1.82) is 0 Å². The second-order valence-electron chi connectivity index (χ2n) is 8.49. The lowest BCUT2D eigenvalue weighted by molar-refractivity contribution is 0.0536. The lowest BCUT2D eigenvalue weighted by Gasteiger charge is -2.26. The zero-order chi connectivity index (χ0) is 21.0. The maximum Gasteiger partial charge on any atom is 0.194 e. The van der Waals surface area contributed by atoms with Crippen molar-refractivity contribution in [3.05, 3.63) is 35.4 Å². The molecular formula is C24H41IN4O2. The molecule has 0 amide bonds. The van der Waals surface area contributed by atoms with E-state index in [9.17, 15) is 0 Å². The summed E-state index contributed by atoms with van der Waals surface area (Å²) < 4.78 is 10.8. The number of guanidine groups is 1. The first-order valence-electron chi connectivity index (χ1n) is 11.7. The molecule has 2 aliphatic rings. The van der Waals surface area contributed by atoms with Crippen molar-refractivity contribution in [2.45, 2.75) is 45.7 Å². The molecule has 0 spiro atoms. The first-order chi connectivity index (χ1) is 14.8. The SMILES string of the molecule is CCNC(=NCc1ccc(CN2CCCCC2)cc1)N1CCC(COCCOC)C1.I. The number of nitrogens with zero attached hydrogens (tertiary/aromatic N) is 3. The van der Waals surface area contributed by atoms with E-state index in [4.69, 9.17) is 14.5 Å². The molecule has 1 atom stereocenters. The van der Waals surface area contributed by atoms with Crippen LogP contribution >= 0.6 is 24.0 Å². The highest BCUT2D eigenvalue weighted by atomic mass is 127. The standard InChI is InChI=1S/C24H40N4O2.HI/c1-3-25-24(28-14-11-23(19-28)20-30-16-15-29-2)26-17-21-7-9-22(10-8-21)18-27-12-5-4-6-13-27;/h7-10,23H,3-6,11-20H2,1-2H3,(H,25,26);1H. The van der Waals surface area contributed by atoms with Gasteiger partial charge in [-0.25, -0.2) is 4.99 Å². The Kier molecular flexibility index (Phi) is 12.8.